The summed E-state index contributed by atoms with van der Waals surface area (Å²) in [7, 11) is 0. The van der Waals surface area contributed by atoms with Crippen molar-refractivity contribution < 1.29 is 9.53 Å². The summed E-state index contributed by atoms with van der Waals surface area (Å²) in [5.41, 5.74) is 0.946. The minimum atomic E-state index is -0.236. The van der Waals surface area contributed by atoms with Gasteiger partial charge in [0, 0.05) is 45.0 Å². The van der Waals surface area contributed by atoms with Crippen LogP contribution < -0.4 is 4.90 Å². The number of amides is 1. The van der Waals surface area contributed by atoms with Gasteiger partial charge in [-0.2, -0.15) is 5.10 Å². The van der Waals surface area contributed by atoms with E-state index >= 15 is 0 Å². The Hall–Kier alpha value is -2.48. The van der Waals surface area contributed by atoms with Crippen LogP contribution >= 0.6 is 0 Å². The number of anilines is 1. The van der Waals surface area contributed by atoms with Gasteiger partial charge in [0.2, 0.25) is 0 Å². The first-order valence-corrected chi connectivity index (χ1v) is 8.71. The average Bonchev–Trinajstić information content (AvgIpc) is 3.33. The summed E-state index contributed by atoms with van der Waals surface area (Å²) in [5, 5.41) is 4.39. The molecule has 0 bridgehead atoms. The van der Waals surface area contributed by atoms with Gasteiger partial charge in [-0.05, 0) is 25.8 Å². The Morgan fingerprint density at radius 1 is 1.20 bits per heavy atom. The molecule has 8 heteroatoms. The van der Waals surface area contributed by atoms with Gasteiger partial charge in [0.05, 0.1) is 5.69 Å². The smallest absolute Gasteiger partial charge is 0.251 e. The lowest BCUT2D eigenvalue weighted by molar-refractivity contribution is -0.141. The number of hydrogen-bond donors (Lipinski definition) is 0. The molecule has 1 atom stereocenters. The van der Waals surface area contributed by atoms with Crippen molar-refractivity contribution in [3.8, 4) is 5.82 Å². The molecule has 4 rings (SSSR count). The first kappa shape index (κ1) is 16.0. The summed E-state index contributed by atoms with van der Waals surface area (Å²) in [6.07, 6.45) is 5.04. The maximum absolute atomic E-state index is 12.4. The quantitative estimate of drug-likeness (QED) is 0.821. The maximum atomic E-state index is 12.4. The summed E-state index contributed by atoms with van der Waals surface area (Å²) >= 11 is 0. The zero-order valence-corrected chi connectivity index (χ0v) is 14.3. The molecule has 8 nitrogen and oxygen atoms in total. The minimum Gasteiger partial charge on any atom is -0.368 e. The van der Waals surface area contributed by atoms with Crippen LogP contribution in [0.15, 0.2) is 24.7 Å². The molecule has 0 N–H and O–H groups in total. The summed E-state index contributed by atoms with van der Waals surface area (Å²) in [5.74, 6) is 1.74. The fraction of sp³-hybridized carbons (Fsp3) is 0.529. The van der Waals surface area contributed by atoms with E-state index in [1.54, 1.807) is 11.0 Å². The van der Waals surface area contributed by atoms with E-state index in [2.05, 4.69) is 20.0 Å². The van der Waals surface area contributed by atoms with Crippen LogP contribution in [0.4, 0.5) is 5.82 Å². The van der Waals surface area contributed by atoms with Crippen molar-refractivity contribution in [2.24, 2.45) is 0 Å². The number of nitrogens with zero attached hydrogens (tertiary/aromatic N) is 6. The monoisotopic (exact) mass is 342 g/mol. The molecule has 25 heavy (non-hydrogen) atoms. The van der Waals surface area contributed by atoms with E-state index in [1.165, 1.54) is 0 Å². The van der Waals surface area contributed by atoms with Gasteiger partial charge in [-0.25, -0.2) is 14.6 Å². The molecule has 2 fully saturated rings. The Labute approximate surface area is 146 Å². The van der Waals surface area contributed by atoms with Crippen LogP contribution in [0.25, 0.3) is 5.82 Å². The van der Waals surface area contributed by atoms with E-state index in [0.717, 1.165) is 43.3 Å². The van der Waals surface area contributed by atoms with Crippen molar-refractivity contribution in [1.29, 1.82) is 0 Å². The van der Waals surface area contributed by atoms with Crippen LogP contribution in [0.2, 0.25) is 0 Å². The average molecular weight is 342 g/mol. The van der Waals surface area contributed by atoms with Gasteiger partial charge in [-0.15, -0.1) is 0 Å². The number of hydrogen-bond acceptors (Lipinski definition) is 6. The lowest BCUT2D eigenvalue weighted by Gasteiger charge is -2.36. The zero-order chi connectivity index (χ0) is 17.2. The van der Waals surface area contributed by atoms with E-state index in [4.69, 9.17) is 4.74 Å². The van der Waals surface area contributed by atoms with Crippen LogP contribution in [0.3, 0.4) is 0 Å². The molecule has 1 unspecified atom stereocenters. The third-order valence-corrected chi connectivity index (χ3v) is 4.72. The van der Waals surface area contributed by atoms with Crippen molar-refractivity contribution in [2.75, 3.05) is 37.7 Å². The van der Waals surface area contributed by atoms with Crippen molar-refractivity contribution in [1.82, 2.24) is 24.6 Å². The molecule has 132 valence electrons. The third kappa shape index (κ3) is 3.34. The first-order chi connectivity index (χ1) is 12.2. The van der Waals surface area contributed by atoms with Crippen LogP contribution in [0, 0.1) is 6.92 Å². The Balaban J connectivity index is 1.41. The lowest BCUT2D eigenvalue weighted by Crippen LogP contribution is -2.51. The second kappa shape index (κ2) is 6.79. The van der Waals surface area contributed by atoms with Crippen LogP contribution in [0.1, 0.15) is 18.5 Å². The van der Waals surface area contributed by atoms with E-state index in [1.807, 2.05) is 30.2 Å². The summed E-state index contributed by atoms with van der Waals surface area (Å²) in [6, 6.07) is 3.88. The highest BCUT2D eigenvalue weighted by molar-refractivity contribution is 5.81. The van der Waals surface area contributed by atoms with E-state index in [-0.39, 0.29) is 12.0 Å². The molecular weight excluding hydrogens is 320 g/mol. The minimum absolute atomic E-state index is 0.132. The van der Waals surface area contributed by atoms with Crippen LogP contribution in [0.5, 0.6) is 0 Å². The van der Waals surface area contributed by atoms with Crippen LogP contribution in [-0.4, -0.2) is 69.4 Å². The van der Waals surface area contributed by atoms with Gasteiger partial charge in [-0.3, -0.25) is 4.79 Å². The number of piperazine rings is 1. The summed E-state index contributed by atoms with van der Waals surface area (Å²) < 4.78 is 7.26. The highest BCUT2D eigenvalue weighted by Crippen LogP contribution is 2.19. The van der Waals surface area contributed by atoms with Crippen LogP contribution in [-0.2, 0) is 9.53 Å². The first-order valence-electron chi connectivity index (χ1n) is 8.71. The Morgan fingerprint density at radius 3 is 2.68 bits per heavy atom. The maximum Gasteiger partial charge on any atom is 0.251 e. The van der Waals surface area contributed by atoms with E-state index < -0.39 is 0 Å². The predicted molar refractivity (Wildman–Crippen MR) is 91.7 cm³/mol. The standard InChI is InChI=1S/C17H22N6O2/c1-13-4-5-23(20-13)16-11-15(18-12-19-16)21-6-8-22(9-7-21)17(24)14-3-2-10-25-14/h4-5,11-12,14H,2-3,6-10H2,1H3. The largest absolute Gasteiger partial charge is 0.368 e. The Kier molecular flexibility index (Phi) is 4.35. The summed E-state index contributed by atoms with van der Waals surface area (Å²) in [6.45, 7) is 5.55. The second-order valence-electron chi connectivity index (χ2n) is 6.45. The van der Waals surface area contributed by atoms with Crippen molar-refractivity contribution in [2.45, 2.75) is 25.9 Å². The topological polar surface area (TPSA) is 76.4 Å². The number of ether oxygens (including phenoxy) is 1. The van der Waals surface area contributed by atoms with Gasteiger partial charge < -0.3 is 14.5 Å². The molecule has 0 radical (unpaired) electrons. The number of rotatable bonds is 3. The molecule has 2 aliphatic heterocycles. The van der Waals surface area contributed by atoms with Gasteiger partial charge in [-0.1, -0.05) is 0 Å². The van der Waals surface area contributed by atoms with Gasteiger partial charge in [0.15, 0.2) is 5.82 Å². The van der Waals surface area contributed by atoms with Crippen molar-refractivity contribution in [3.05, 3.63) is 30.4 Å². The fourth-order valence-corrected chi connectivity index (χ4v) is 3.31. The molecule has 2 aromatic rings. The Bertz CT molecular complexity index is 747. The van der Waals surface area contributed by atoms with E-state index in [0.29, 0.717) is 19.7 Å². The molecule has 2 saturated heterocycles. The number of aryl methyl sites for hydroxylation is 1. The molecule has 1 amide bonds. The van der Waals surface area contributed by atoms with Crippen molar-refractivity contribution >= 4 is 11.7 Å². The fourth-order valence-electron chi connectivity index (χ4n) is 3.31. The third-order valence-electron chi connectivity index (χ3n) is 4.72. The van der Waals surface area contributed by atoms with E-state index in [9.17, 15) is 4.79 Å². The molecule has 0 aromatic carbocycles. The summed E-state index contributed by atoms with van der Waals surface area (Å²) in [4.78, 5) is 25.2. The molecular formula is C17H22N6O2. The zero-order valence-electron chi connectivity index (χ0n) is 14.3. The second-order valence-corrected chi connectivity index (χ2v) is 6.45. The van der Waals surface area contributed by atoms with Gasteiger partial charge >= 0.3 is 0 Å². The highest BCUT2D eigenvalue weighted by atomic mass is 16.5. The Morgan fingerprint density at radius 2 is 2.00 bits per heavy atom. The SMILES string of the molecule is Cc1ccn(-c2cc(N3CCN(C(=O)C4CCCO4)CC3)ncn2)n1. The number of carbonyl (C=O) groups excluding carboxylic acids is 1. The molecule has 2 aliphatic rings. The predicted octanol–water partition coefficient (Wildman–Crippen LogP) is 0.798. The number of carbonyl (C=O) groups is 1. The lowest BCUT2D eigenvalue weighted by atomic mass is 10.2. The van der Waals surface area contributed by atoms with Gasteiger partial charge in [0.1, 0.15) is 18.2 Å². The highest BCUT2D eigenvalue weighted by Gasteiger charge is 2.30. The molecule has 4 heterocycles. The molecule has 0 aliphatic carbocycles. The van der Waals surface area contributed by atoms with Crippen molar-refractivity contribution in [3.63, 3.8) is 0 Å². The molecule has 2 aromatic heterocycles. The molecule has 0 spiro atoms. The normalized spacial score (nSPS) is 20.9. The van der Waals surface area contributed by atoms with Gasteiger partial charge in [0.25, 0.3) is 5.91 Å². The molecule has 0 saturated carbocycles. The number of aromatic nitrogens is 4.